The second-order valence-electron chi connectivity index (χ2n) is 10.8. The molecule has 0 atom stereocenters. The molecule has 1 aliphatic carbocycles. The third kappa shape index (κ3) is 5.96. The Labute approximate surface area is 223 Å². The highest BCUT2D eigenvalue weighted by molar-refractivity contribution is 5.92. The topological polar surface area (TPSA) is 83.7 Å². The molecule has 2 aromatic carbocycles. The Kier molecular flexibility index (Phi) is 7.59. The van der Waals surface area contributed by atoms with Crippen LogP contribution < -0.4 is 5.32 Å². The van der Waals surface area contributed by atoms with Crippen LogP contribution in [0.3, 0.4) is 0 Å². The van der Waals surface area contributed by atoms with Crippen molar-refractivity contribution in [2.24, 2.45) is 5.92 Å². The Bertz CT molecular complexity index is 1410. The van der Waals surface area contributed by atoms with Gasteiger partial charge < -0.3 is 14.8 Å². The van der Waals surface area contributed by atoms with Crippen molar-refractivity contribution in [1.29, 1.82) is 0 Å². The summed E-state index contributed by atoms with van der Waals surface area (Å²) in [6.45, 7) is 4.79. The molecule has 2 heterocycles. The quantitative estimate of drug-likeness (QED) is 0.273. The van der Waals surface area contributed by atoms with Gasteiger partial charge in [0.05, 0.1) is 0 Å². The fourth-order valence-electron chi connectivity index (χ4n) is 5.46. The number of carboxylic acids is 1. The van der Waals surface area contributed by atoms with E-state index in [9.17, 15) is 9.59 Å². The van der Waals surface area contributed by atoms with Gasteiger partial charge in [0.15, 0.2) is 0 Å². The minimum absolute atomic E-state index is 0.189. The number of nitrogens with zero attached hydrogens (tertiary/aromatic N) is 2. The molecular weight excluding hydrogens is 474 g/mol. The first kappa shape index (κ1) is 25.7. The Morgan fingerprint density at radius 2 is 1.61 bits per heavy atom. The Morgan fingerprint density at radius 1 is 0.921 bits per heavy atom. The maximum absolute atomic E-state index is 12.8. The second-order valence-corrected chi connectivity index (χ2v) is 10.8. The van der Waals surface area contributed by atoms with Crippen LogP contribution in [-0.4, -0.2) is 26.4 Å². The lowest BCUT2D eigenvalue weighted by Crippen LogP contribution is -2.23. The first-order valence-electron chi connectivity index (χ1n) is 13.5. The van der Waals surface area contributed by atoms with Crippen LogP contribution in [-0.2, 0) is 11.3 Å². The molecule has 0 spiro atoms. The molecule has 0 radical (unpaired) electrons. The number of hydrogen-bond donors (Lipinski definition) is 2. The number of nitrogens with one attached hydrogen (secondary N) is 1. The molecule has 4 aromatic rings. The number of fused-ring (bicyclic) bond motifs is 1. The van der Waals surface area contributed by atoms with Crippen molar-refractivity contribution in [3.63, 3.8) is 0 Å². The van der Waals surface area contributed by atoms with Crippen LogP contribution in [0.1, 0.15) is 85.0 Å². The molecule has 0 aliphatic heterocycles. The van der Waals surface area contributed by atoms with Crippen LogP contribution in [0.25, 0.3) is 16.8 Å². The smallest absolute Gasteiger partial charge is 0.303 e. The maximum Gasteiger partial charge on any atom is 0.303 e. The van der Waals surface area contributed by atoms with Gasteiger partial charge in [-0.1, -0.05) is 62.4 Å². The maximum atomic E-state index is 12.8. The highest BCUT2D eigenvalue weighted by atomic mass is 16.4. The van der Waals surface area contributed by atoms with E-state index in [0.717, 1.165) is 48.0 Å². The summed E-state index contributed by atoms with van der Waals surface area (Å²) in [5.41, 5.74) is 6.97. The van der Waals surface area contributed by atoms with Crippen molar-refractivity contribution in [3.8, 4) is 11.1 Å². The van der Waals surface area contributed by atoms with Crippen LogP contribution in [0.4, 0.5) is 0 Å². The molecule has 1 aliphatic rings. The Hall–Kier alpha value is -3.93. The number of aromatic nitrogens is 2. The normalized spacial score (nSPS) is 17.6. The molecule has 1 saturated carbocycles. The van der Waals surface area contributed by atoms with E-state index in [1.807, 2.05) is 22.7 Å². The van der Waals surface area contributed by atoms with Gasteiger partial charge in [0.25, 0.3) is 5.91 Å². The molecule has 0 unspecified atom stereocenters. The number of hydrogen-bond acceptors (Lipinski definition) is 3. The van der Waals surface area contributed by atoms with E-state index >= 15 is 0 Å². The fourth-order valence-corrected chi connectivity index (χ4v) is 5.46. The average molecular weight is 510 g/mol. The third-order valence-corrected chi connectivity index (χ3v) is 7.81. The minimum atomic E-state index is -0.687. The van der Waals surface area contributed by atoms with Gasteiger partial charge in [-0.15, -0.1) is 0 Å². The second kappa shape index (κ2) is 11.2. The number of carboxylic acid groups (broad SMARTS) is 1. The molecule has 5 rings (SSSR count). The van der Waals surface area contributed by atoms with E-state index in [-0.39, 0.29) is 12.3 Å². The van der Waals surface area contributed by atoms with Crippen LogP contribution in [0.5, 0.6) is 0 Å². The van der Waals surface area contributed by atoms with E-state index in [0.29, 0.717) is 30.0 Å². The van der Waals surface area contributed by atoms with Crippen molar-refractivity contribution in [2.75, 3.05) is 0 Å². The monoisotopic (exact) mass is 509 g/mol. The van der Waals surface area contributed by atoms with Crippen molar-refractivity contribution < 1.29 is 14.7 Å². The molecule has 0 saturated heterocycles. The summed E-state index contributed by atoms with van der Waals surface area (Å²) in [5, 5.41) is 12.0. The summed E-state index contributed by atoms with van der Waals surface area (Å²) in [5.74, 6) is 0.419. The number of benzene rings is 2. The van der Waals surface area contributed by atoms with Crippen molar-refractivity contribution in [1.82, 2.24) is 14.7 Å². The third-order valence-electron chi connectivity index (χ3n) is 7.81. The number of aliphatic carboxylic acids is 1. The van der Waals surface area contributed by atoms with Crippen LogP contribution >= 0.6 is 0 Å². The number of amides is 1. The average Bonchev–Trinajstić information content (AvgIpc) is 3.36. The van der Waals surface area contributed by atoms with Crippen molar-refractivity contribution in [3.05, 3.63) is 95.4 Å². The molecule has 1 fully saturated rings. The van der Waals surface area contributed by atoms with E-state index in [1.54, 1.807) is 6.20 Å². The van der Waals surface area contributed by atoms with Gasteiger partial charge in [-0.3, -0.25) is 9.59 Å². The summed E-state index contributed by atoms with van der Waals surface area (Å²) in [7, 11) is 0. The highest BCUT2D eigenvalue weighted by Crippen LogP contribution is 2.37. The number of pyridine rings is 1. The lowest BCUT2D eigenvalue weighted by Gasteiger charge is -2.28. The van der Waals surface area contributed by atoms with Gasteiger partial charge in [-0.2, -0.15) is 0 Å². The SMILES string of the molecule is CC(C)c1ccc(CNC(=O)c2cn3cc(-c4ccc([C@H]5CC[C@H](CC(=O)O)CC5)cc4)ccc3n2)cc1. The van der Waals surface area contributed by atoms with Crippen LogP contribution in [0.15, 0.2) is 73.1 Å². The van der Waals surface area contributed by atoms with Gasteiger partial charge in [-0.25, -0.2) is 4.98 Å². The first-order chi connectivity index (χ1) is 18.4. The van der Waals surface area contributed by atoms with Gasteiger partial charge in [0.1, 0.15) is 11.3 Å². The molecule has 196 valence electrons. The van der Waals surface area contributed by atoms with E-state index in [4.69, 9.17) is 5.11 Å². The Balaban J connectivity index is 1.22. The summed E-state index contributed by atoms with van der Waals surface area (Å²) < 4.78 is 1.90. The Morgan fingerprint density at radius 3 is 2.26 bits per heavy atom. The van der Waals surface area contributed by atoms with E-state index < -0.39 is 5.97 Å². The molecule has 0 bridgehead atoms. The number of rotatable bonds is 8. The summed E-state index contributed by atoms with van der Waals surface area (Å²) in [6, 6.07) is 21.0. The number of carbonyl (C=O) groups is 2. The van der Waals surface area contributed by atoms with Gasteiger partial charge in [0.2, 0.25) is 0 Å². The molecule has 2 aromatic heterocycles. The predicted octanol–water partition coefficient (Wildman–Crippen LogP) is 6.80. The first-order valence-corrected chi connectivity index (χ1v) is 13.5. The summed E-state index contributed by atoms with van der Waals surface area (Å²) in [4.78, 5) is 28.3. The lowest BCUT2D eigenvalue weighted by molar-refractivity contribution is -0.138. The number of carbonyl (C=O) groups excluding carboxylic acids is 1. The molecule has 1 amide bonds. The lowest BCUT2D eigenvalue weighted by atomic mass is 9.77. The van der Waals surface area contributed by atoms with E-state index in [1.165, 1.54) is 11.1 Å². The zero-order valence-electron chi connectivity index (χ0n) is 22.1. The van der Waals surface area contributed by atoms with Crippen molar-refractivity contribution >= 4 is 17.5 Å². The van der Waals surface area contributed by atoms with Gasteiger partial charge in [0, 0.05) is 25.4 Å². The van der Waals surface area contributed by atoms with Crippen LogP contribution in [0, 0.1) is 5.92 Å². The molecule has 6 nitrogen and oxygen atoms in total. The highest BCUT2D eigenvalue weighted by Gasteiger charge is 2.24. The summed E-state index contributed by atoms with van der Waals surface area (Å²) in [6.07, 6.45) is 8.14. The molecule has 2 N–H and O–H groups in total. The summed E-state index contributed by atoms with van der Waals surface area (Å²) >= 11 is 0. The van der Waals surface area contributed by atoms with Gasteiger partial charge in [-0.05, 0) is 83.4 Å². The van der Waals surface area contributed by atoms with Crippen molar-refractivity contribution in [2.45, 2.75) is 64.3 Å². The van der Waals surface area contributed by atoms with E-state index in [2.05, 4.69) is 72.7 Å². The predicted molar refractivity (Wildman–Crippen MR) is 149 cm³/mol. The van der Waals surface area contributed by atoms with Gasteiger partial charge >= 0.3 is 5.97 Å². The minimum Gasteiger partial charge on any atom is -0.481 e. The van der Waals surface area contributed by atoms with Crippen LogP contribution in [0.2, 0.25) is 0 Å². The fraction of sp³-hybridized carbons (Fsp3) is 0.344. The zero-order valence-corrected chi connectivity index (χ0v) is 22.1. The molecule has 6 heteroatoms. The zero-order chi connectivity index (χ0) is 26.6. The standard InChI is InChI=1S/C32H35N3O3/c1-21(2)24-7-5-23(6-8-24)18-33-32(38)29-20-35-19-28(15-16-30(35)34-29)27-13-11-26(12-14-27)25-9-3-22(4-10-25)17-31(36)37/h5-8,11-16,19-22,25H,3-4,9-10,17-18H2,1-2H3,(H,33,38)(H,36,37)/t22-,25-. The molecular formula is C32H35N3O3. The molecule has 38 heavy (non-hydrogen) atoms. The number of imidazole rings is 1. The largest absolute Gasteiger partial charge is 0.481 e.